The summed E-state index contributed by atoms with van der Waals surface area (Å²) in [5, 5.41) is 5.58. The predicted molar refractivity (Wildman–Crippen MR) is 82.1 cm³/mol. The van der Waals surface area contributed by atoms with Gasteiger partial charge < -0.3 is 10.6 Å². The zero-order chi connectivity index (χ0) is 15.2. The van der Waals surface area contributed by atoms with Gasteiger partial charge in [0.1, 0.15) is 0 Å². The van der Waals surface area contributed by atoms with E-state index in [1.165, 1.54) is 0 Å². The number of hydrogen-bond donors (Lipinski definition) is 2. The van der Waals surface area contributed by atoms with Crippen LogP contribution in [0.25, 0.3) is 0 Å². The summed E-state index contributed by atoms with van der Waals surface area (Å²) in [5.74, 6) is -0.377. The third-order valence-electron chi connectivity index (χ3n) is 2.85. The molecule has 0 saturated carbocycles. The van der Waals surface area contributed by atoms with Crippen molar-refractivity contribution in [3.8, 4) is 0 Å². The van der Waals surface area contributed by atoms with Crippen LogP contribution in [0.1, 0.15) is 24.2 Å². The van der Waals surface area contributed by atoms with Crippen molar-refractivity contribution in [2.75, 3.05) is 10.6 Å². The highest BCUT2D eigenvalue weighted by molar-refractivity contribution is 6.04. The maximum atomic E-state index is 12.0. The molecule has 0 aliphatic carbocycles. The summed E-state index contributed by atoms with van der Waals surface area (Å²) in [6.07, 6.45) is 3.13. The van der Waals surface area contributed by atoms with Crippen LogP contribution in [0.15, 0.2) is 48.8 Å². The smallest absolute Gasteiger partial charge is 0.255 e. The molecule has 5 nitrogen and oxygen atoms in total. The first kappa shape index (κ1) is 14.7. The molecule has 0 fully saturated rings. The van der Waals surface area contributed by atoms with E-state index in [4.69, 9.17) is 0 Å². The van der Waals surface area contributed by atoms with Crippen molar-refractivity contribution in [2.24, 2.45) is 5.92 Å². The van der Waals surface area contributed by atoms with Gasteiger partial charge in [-0.15, -0.1) is 0 Å². The molecule has 2 aromatic rings. The quantitative estimate of drug-likeness (QED) is 0.906. The molecule has 21 heavy (non-hydrogen) atoms. The fourth-order valence-corrected chi connectivity index (χ4v) is 1.67. The van der Waals surface area contributed by atoms with Gasteiger partial charge >= 0.3 is 0 Å². The van der Waals surface area contributed by atoms with Gasteiger partial charge in [0.15, 0.2) is 0 Å². The van der Waals surface area contributed by atoms with Gasteiger partial charge in [0.05, 0.1) is 0 Å². The minimum absolute atomic E-state index is 0.0624. The standard InChI is InChI=1S/C16H17N3O2/c1-11(2)15(20)18-13-4-3-5-14(10-13)19-16(21)12-6-8-17-9-7-12/h3-11H,1-2H3,(H,18,20)(H,19,21). The molecular weight excluding hydrogens is 266 g/mol. The molecule has 0 bridgehead atoms. The Balaban J connectivity index is 2.08. The minimum Gasteiger partial charge on any atom is -0.326 e. The van der Waals surface area contributed by atoms with Crippen LogP contribution in [0.5, 0.6) is 0 Å². The van der Waals surface area contributed by atoms with E-state index in [1.807, 2.05) is 13.8 Å². The Kier molecular flexibility index (Phi) is 4.66. The van der Waals surface area contributed by atoms with Crippen molar-refractivity contribution >= 4 is 23.2 Å². The molecule has 0 aliphatic rings. The number of carbonyl (C=O) groups excluding carboxylic acids is 2. The molecule has 0 atom stereocenters. The zero-order valence-electron chi connectivity index (χ0n) is 12.0. The molecular formula is C16H17N3O2. The lowest BCUT2D eigenvalue weighted by Crippen LogP contribution is -2.18. The van der Waals surface area contributed by atoms with Crippen molar-refractivity contribution < 1.29 is 9.59 Å². The first-order valence-corrected chi connectivity index (χ1v) is 6.68. The Labute approximate surface area is 123 Å². The highest BCUT2D eigenvalue weighted by atomic mass is 16.2. The second-order valence-electron chi connectivity index (χ2n) is 4.91. The van der Waals surface area contributed by atoms with Gasteiger partial charge in [0, 0.05) is 35.2 Å². The number of hydrogen-bond acceptors (Lipinski definition) is 3. The number of aromatic nitrogens is 1. The van der Waals surface area contributed by atoms with Crippen LogP contribution in [0, 0.1) is 5.92 Å². The van der Waals surface area contributed by atoms with Crippen LogP contribution < -0.4 is 10.6 Å². The van der Waals surface area contributed by atoms with Crippen molar-refractivity contribution in [1.29, 1.82) is 0 Å². The molecule has 1 heterocycles. The number of nitrogens with one attached hydrogen (secondary N) is 2. The van der Waals surface area contributed by atoms with Gasteiger partial charge in [-0.25, -0.2) is 0 Å². The number of anilines is 2. The topological polar surface area (TPSA) is 71.1 Å². The molecule has 2 rings (SSSR count). The number of rotatable bonds is 4. The average molecular weight is 283 g/mol. The van der Waals surface area contributed by atoms with E-state index in [9.17, 15) is 9.59 Å². The van der Waals surface area contributed by atoms with E-state index in [0.717, 1.165) is 0 Å². The normalized spacial score (nSPS) is 10.2. The third-order valence-corrected chi connectivity index (χ3v) is 2.85. The van der Waals surface area contributed by atoms with Gasteiger partial charge in [-0.05, 0) is 30.3 Å². The largest absolute Gasteiger partial charge is 0.326 e. The third kappa shape index (κ3) is 4.14. The van der Waals surface area contributed by atoms with Crippen LogP contribution in [0.2, 0.25) is 0 Å². The first-order chi connectivity index (χ1) is 10.1. The maximum Gasteiger partial charge on any atom is 0.255 e. The van der Waals surface area contributed by atoms with Crippen LogP contribution >= 0.6 is 0 Å². The fourth-order valence-electron chi connectivity index (χ4n) is 1.67. The molecule has 1 aromatic carbocycles. The SMILES string of the molecule is CC(C)C(=O)Nc1cccc(NC(=O)c2ccncc2)c1. The van der Waals surface area contributed by atoms with Crippen molar-refractivity contribution in [1.82, 2.24) is 4.98 Å². The lowest BCUT2D eigenvalue weighted by Gasteiger charge is -2.10. The second kappa shape index (κ2) is 6.65. The first-order valence-electron chi connectivity index (χ1n) is 6.68. The Morgan fingerprint density at radius 2 is 1.62 bits per heavy atom. The maximum absolute atomic E-state index is 12.0. The summed E-state index contributed by atoms with van der Waals surface area (Å²) in [5.41, 5.74) is 1.81. The molecule has 0 radical (unpaired) electrons. The summed E-state index contributed by atoms with van der Waals surface area (Å²) in [6.45, 7) is 3.65. The average Bonchev–Trinajstić information content (AvgIpc) is 2.48. The monoisotopic (exact) mass is 283 g/mol. The van der Waals surface area contributed by atoms with Gasteiger partial charge in [0.25, 0.3) is 5.91 Å². The van der Waals surface area contributed by atoms with Crippen LogP contribution in [0.4, 0.5) is 11.4 Å². The Morgan fingerprint density at radius 3 is 2.24 bits per heavy atom. The second-order valence-corrected chi connectivity index (χ2v) is 4.91. The van der Waals surface area contributed by atoms with Gasteiger partial charge in [0.2, 0.25) is 5.91 Å². The van der Waals surface area contributed by atoms with Gasteiger partial charge in [-0.3, -0.25) is 14.6 Å². The van der Waals surface area contributed by atoms with E-state index in [2.05, 4.69) is 15.6 Å². The fraction of sp³-hybridized carbons (Fsp3) is 0.188. The summed E-state index contributed by atoms with van der Waals surface area (Å²) in [6, 6.07) is 10.3. The molecule has 108 valence electrons. The lowest BCUT2D eigenvalue weighted by atomic mass is 10.2. The van der Waals surface area contributed by atoms with Crippen LogP contribution in [-0.2, 0) is 4.79 Å². The molecule has 0 spiro atoms. The molecule has 1 aromatic heterocycles. The van der Waals surface area contributed by atoms with E-state index in [1.54, 1.807) is 48.8 Å². The van der Waals surface area contributed by atoms with Crippen LogP contribution in [-0.4, -0.2) is 16.8 Å². The minimum atomic E-state index is -0.218. The van der Waals surface area contributed by atoms with Crippen LogP contribution in [0.3, 0.4) is 0 Å². The van der Waals surface area contributed by atoms with Crippen molar-refractivity contribution in [3.05, 3.63) is 54.4 Å². The van der Waals surface area contributed by atoms with E-state index < -0.39 is 0 Å². The Morgan fingerprint density at radius 1 is 1.00 bits per heavy atom. The molecule has 0 aliphatic heterocycles. The summed E-state index contributed by atoms with van der Waals surface area (Å²) in [4.78, 5) is 27.6. The van der Waals surface area contributed by atoms with E-state index in [-0.39, 0.29) is 17.7 Å². The van der Waals surface area contributed by atoms with Gasteiger partial charge in [-0.2, -0.15) is 0 Å². The number of carbonyl (C=O) groups is 2. The van der Waals surface area contributed by atoms with Crippen molar-refractivity contribution in [3.63, 3.8) is 0 Å². The number of pyridine rings is 1. The summed E-state index contributed by atoms with van der Waals surface area (Å²) < 4.78 is 0. The summed E-state index contributed by atoms with van der Waals surface area (Å²) in [7, 11) is 0. The Hall–Kier alpha value is -2.69. The Bertz CT molecular complexity index is 639. The lowest BCUT2D eigenvalue weighted by molar-refractivity contribution is -0.118. The van der Waals surface area contributed by atoms with E-state index in [0.29, 0.717) is 16.9 Å². The molecule has 0 saturated heterocycles. The predicted octanol–water partition coefficient (Wildman–Crippen LogP) is 2.93. The number of nitrogens with zero attached hydrogens (tertiary/aromatic N) is 1. The van der Waals surface area contributed by atoms with Crippen molar-refractivity contribution in [2.45, 2.75) is 13.8 Å². The molecule has 2 N–H and O–H groups in total. The highest BCUT2D eigenvalue weighted by Crippen LogP contribution is 2.16. The number of amides is 2. The van der Waals surface area contributed by atoms with E-state index >= 15 is 0 Å². The zero-order valence-corrected chi connectivity index (χ0v) is 12.0. The molecule has 0 unspecified atom stereocenters. The molecule has 5 heteroatoms. The number of benzene rings is 1. The summed E-state index contributed by atoms with van der Waals surface area (Å²) >= 11 is 0. The van der Waals surface area contributed by atoms with Gasteiger partial charge in [-0.1, -0.05) is 19.9 Å². The molecule has 2 amide bonds. The highest BCUT2D eigenvalue weighted by Gasteiger charge is 2.09.